The molecular formula is C10H10NO4P. The molecule has 0 saturated heterocycles. The van der Waals surface area contributed by atoms with Gasteiger partial charge in [0.1, 0.15) is 0 Å². The molecule has 1 rings (SSSR count). The Morgan fingerprint density at radius 3 is 2.56 bits per heavy atom. The van der Waals surface area contributed by atoms with Gasteiger partial charge in [-0.2, -0.15) is 0 Å². The summed E-state index contributed by atoms with van der Waals surface area (Å²) in [5.41, 5.74) is 0.752. The number of hydrogen-bond donors (Lipinski definition) is 3. The summed E-state index contributed by atoms with van der Waals surface area (Å²) in [5, 5.41) is 20.3. The molecule has 1 aromatic carbocycles. The van der Waals surface area contributed by atoms with E-state index in [-0.39, 0.29) is 20.1 Å². The Kier molecular flexibility index (Phi) is 4.80. The van der Waals surface area contributed by atoms with Crippen molar-refractivity contribution in [2.75, 3.05) is 0 Å². The molecule has 1 aromatic rings. The Balaban J connectivity index is 2.73. The van der Waals surface area contributed by atoms with Crippen LogP contribution >= 0.6 is 7.92 Å². The van der Waals surface area contributed by atoms with Crippen LogP contribution in [0, 0.1) is 5.75 Å². The van der Waals surface area contributed by atoms with Crippen LogP contribution in [0.1, 0.15) is 5.56 Å². The molecule has 0 radical (unpaired) electrons. The predicted molar refractivity (Wildman–Crippen MR) is 57.9 cm³/mol. The number of nitrogens with one attached hydrogen (secondary N) is 1. The Labute approximate surface area is 93.2 Å². The molecule has 0 fully saturated rings. The fourth-order valence-corrected chi connectivity index (χ4v) is 1.38. The van der Waals surface area contributed by atoms with Crippen molar-refractivity contribution in [2.45, 2.75) is 12.5 Å². The average Bonchev–Trinajstić information content (AvgIpc) is 2.26. The van der Waals surface area contributed by atoms with Gasteiger partial charge in [0, 0.05) is 0 Å². The first-order valence-electron chi connectivity index (χ1n) is 4.47. The minimum atomic E-state index is -1.05. The minimum absolute atomic E-state index is 0.125. The third-order valence-electron chi connectivity index (χ3n) is 1.96. The molecule has 0 saturated carbocycles. The number of hydrogen-bond acceptors (Lipinski definition) is 4. The van der Waals surface area contributed by atoms with Gasteiger partial charge in [-0.15, -0.1) is 0 Å². The van der Waals surface area contributed by atoms with Crippen molar-refractivity contribution in [1.29, 1.82) is 0 Å². The zero-order valence-corrected chi connectivity index (χ0v) is 9.15. The van der Waals surface area contributed by atoms with Crippen LogP contribution in [0.15, 0.2) is 24.3 Å². The topological polar surface area (TPSA) is 86.6 Å². The van der Waals surface area contributed by atoms with Crippen LogP contribution < -0.4 is 5.32 Å². The van der Waals surface area contributed by atoms with Gasteiger partial charge in [-0.3, -0.25) is 0 Å². The number of rotatable bonds is 4. The van der Waals surface area contributed by atoms with Crippen molar-refractivity contribution < 1.29 is 19.6 Å². The van der Waals surface area contributed by atoms with Crippen molar-refractivity contribution in [3.05, 3.63) is 29.8 Å². The molecule has 0 spiro atoms. The molecule has 1 atom stereocenters. The number of aromatic hydroxyl groups is 1. The van der Waals surface area contributed by atoms with Crippen molar-refractivity contribution in [2.24, 2.45) is 0 Å². The molecule has 3 N–H and O–H groups in total. The number of carboxylic acids is 1. The fourth-order valence-electron chi connectivity index (χ4n) is 1.17. The third-order valence-corrected chi connectivity index (χ3v) is 2.18. The molecule has 0 aromatic heterocycles. The van der Waals surface area contributed by atoms with Crippen LogP contribution in [-0.2, 0) is 15.8 Å². The molecular weight excluding hydrogens is 229 g/mol. The van der Waals surface area contributed by atoms with E-state index in [1.807, 2.05) is 0 Å². The summed E-state index contributed by atoms with van der Waals surface area (Å²) in [6.45, 7) is 0. The van der Waals surface area contributed by atoms with Gasteiger partial charge in [-0.25, -0.2) is 0 Å². The van der Waals surface area contributed by atoms with E-state index in [9.17, 15) is 9.36 Å². The number of phenols is 1. The van der Waals surface area contributed by atoms with E-state index >= 15 is 0 Å². The maximum atomic E-state index is 10.8. The Bertz CT molecular complexity index is 465. The number of phenolic OH excluding ortho intramolecular Hbond substituents is 1. The van der Waals surface area contributed by atoms with Gasteiger partial charge in [0.05, 0.1) is 0 Å². The molecule has 0 heterocycles. The Hall–Kier alpha value is -1.54. The molecule has 5 nitrogen and oxygen atoms in total. The molecule has 16 heavy (non-hydrogen) atoms. The zero-order chi connectivity index (χ0) is 12.0. The van der Waals surface area contributed by atoms with E-state index < -0.39 is 12.0 Å². The summed E-state index contributed by atoms with van der Waals surface area (Å²) in [6, 6.07) is 5.33. The molecule has 0 aliphatic carbocycles. The van der Waals surface area contributed by atoms with Gasteiger partial charge in [0.15, 0.2) is 0 Å². The maximum absolute atomic E-state index is 10.8. The second-order valence-corrected chi connectivity index (χ2v) is 3.52. The summed E-state index contributed by atoms with van der Waals surface area (Å²) in [7, 11) is -0.383. The van der Waals surface area contributed by atoms with Crippen molar-refractivity contribution in [3.63, 3.8) is 0 Å². The van der Waals surface area contributed by atoms with Gasteiger partial charge >= 0.3 is 92.6 Å². The van der Waals surface area contributed by atoms with E-state index in [1.54, 1.807) is 12.1 Å². The van der Waals surface area contributed by atoms with Gasteiger partial charge in [0.25, 0.3) is 0 Å². The van der Waals surface area contributed by atoms with Crippen LogP contribution in [0.5, 0.6) is 5.75 Å². The van der Waals surface area contributed by atoms with E-state index in [1.165, 1.54) is 12.1 Å². The zero-order valence-electron chi connectivity index (χ0n) is 8.25. The third kappa shape index (κ3) is 3.91. The summed E-state index contributed by atoms with van der Waals surface area (Å²) in [4.78, 5) is 10.8. The van der Waals surface area contributed by atoms with Crippen LogP contribution in [0.4, 0.5) is 0 Å². The fraction of sp³-hybridized carbons (Fsp3) is 0.200. The number of aliphatic carboxylic acids is 1. The quantitative estimate of drug-likeness (QED) is 0.542. The first kappa shape index (κ1) is 12.5. The molecule has 0 aliphatic heterocycles. The SMILES string of the molecule is O=P#CN[C@@H](Cc1ccc(O)cc1)C(=O)O. The summed E-state index contributed by atoms with van der Waals surface area (Å²) in [6.07, 6.45) is 0.220. The van der Waals surface area contributed by atoms with Gasteiger partial charge in [-0.1, -0.05) is 0 Å². The standard InChI is InChI=1S/C10H10NO4P/c12-8-3-1-7(2-4-8)5-9(10(13)14)11-6-16-15/h1-4,9,11-12H,5H2,(H,13,14)/t9-/m0/s1. The summed E-state index contributed by atoms with van der Waals surface area (Å²) < 4.78 is 10.1. The number of benzene rings is 1. The van der Waals surface area contributed by atoms with Crippen LogP contribution in [0.2, 0.25) is 0 Å². The van der Waals surface area contributed by atoms with Crippen molar-refractivity contribution in [3.8, 4) is 11.5 Å². The Morgan fingerprint density at radius 2 is 2.06 bits per heavy atom. The molecule has 0 aliphatic rings. The molecule has 0 bridgehead atoms. The second kappa shape index (κ2) is 6.13. The summed E-state index contributed by atoms with van der Waals surface area (Å²) in [5.74, 6) is 1.27. The van der Waals surface area contributed by atoms with Gasteiger partial charge in [0.2, 0.25) is 0 Å². The van der Waals surface area contributed by atoms with E-state index in [2.05, 4.69) is 11.1 Å². The second-order valence-electron chi connectivity index (χ2n) is 3.11. The molecule has 6 heteroatoms. The normalized spacial score (nSPS) is 11.5. The van der Waals surface area contributed by atoms with Crippen LogP contribution in [0.3, 0.4) is 0 Å². The first-order valence-corrected chi connectivity index (χ1v) is 5.28. The monoisotopic (exact) mass is 239 g/mol. The molecule has 84 valence electrons. The average molecular weight is 239 g/mol. The van der Waals surface area contributed by atoms with E-state index in [0.717, 1.165) is 5.56 Å². The van der Waals surface area contributed by atoms with Crippen LogP contribution in [0.25, 0.3) is 0 Å². The van der Waals surface area contributed by atoms with E-state index in [0.29, 0.717) is 0 Å². The predicted octanol–water partition coefficient (Wildman–Crippen LogP) is 1.19. The van der Waals surface area contributed by atoms with Gasteiger partial charge < -0.3 is 0 Å². The number of carbonyl (C=O) groups is 1. The first-order chi connectivity index (χ1) is 7.63. The van der Waals surface area contributed by atoms with Crippen molar-refractivity contribution in [1.82, 2.24) is 5.32 Å². The Morgan fingerprint density at radius 1 is 1.44 bits per heavy atom. The molecule has 0 amide bonds. The molecule has 0 unspecified atom stereocenters. The van der Waals surface area contributed by atoms with E-state index in [4.69, 9.17) is 10.2 Å². The van der Waals surface area contributed by atoms with Crippen LogP contribution in [-0.4, -0.2) is 22.2 Å². The van der Waals surface area contributed by atoms with Crippen molar-refractivity contribution >= 4 is 13.9 Å². The number of carboxylic acid groups (broad SMARTS) is 1. The van der Waals surface area contributed by atoms with Gasteiger partial charge in [-0.05, 0) is 0 Å². The summed E-state index contributed by atoms with van der Waals surface area (Å²) >= 11 is 0.